The summed E-state index contributed by atoms with van der Waals surface area (Å²) in [5, 5.41) is 9.56. The summed E-state index contributed by atoms with van der Waals surface area (Å²) in [4.78, 5) is 23.2. The zero-order valence-corrected chi connectivity index (χ0v) is 12.2. The van der Waals surface area contributed by atoms with Gasteiger partial charge in [0.05, 0.1) is 12.8 Å². The van der Waals surface area contributed by atoms with E-state index in [1.165, 1.54) is 29.9 Å². The second-order valence-electron chi connectivity index (χ2n) is 4.54. The van der Waals surface area contributed by atoms with Gasteiger partial charge < -0.3 is 9.84 Å². The van der Waals surface area contributed by atoms with E-state index in [2.05, 4.69) is 5.43 Å². The van der Waals surface area contributed by atoms with Gasteiger partial charge in [-0.25, -0.2) is 0 Å². The lowest BCUT2D eigenvalue weighted by Crippen LogP contribution is -2.24. The number of pyridine rings is 1. The van der Waals surface area contributed by atoms with E-state index in [1.54, 1.807) is 19.3 Å². The first kappa shape index (κ1) is 15.4. The SMILES string of the molecule is COc1ccccc1/C=C/C(=O)Nn1ccc(=O)c(O)c1C. The molecule has 0 saturated heterocycles. The van der Waals surface area contributed by atoms with Crippen LogP contribution in [0.15, 0.2) is 47.4 Å². The first-order valence-corrected chi connectivity index (χ1v) is 6.56. The summed E-state index contributed by atoms with van der Waals surface area (Å²) < 4.78 is 6.47. The fourth-order valence-corrected chi connectivity index (χ4v) is 1.87. The second kappa shape index (κ2) is 6.62. The van der Waals surface area contributed by atoms with Crippen molar-refractivity contribution in [3.05, 3.63) is 64.1 Å². The lowest BCUT2D eigenvalue weighted by Gasteiger charge is -2.11. The van der Waals surface area contributed by atoms with Gasteiger partial charge in [0.2, 0.25) is 5.43 Å². The van der Waals surface area contributed by atoms with Gasteiger partial charge in [-0.2, -0.15) is 0 Å². The van der Waals surface area contributed by atoms with Crippen molar-refractivity contribution in [1.82, 2.24) is 4.68 Å². The van der Waals surface area contributed by atoms with Crippen LogP contribution in [0, 0.1) is 6.92 Å². The molecular weight excluding hydrogens is 284 g/mol. The predicted octanol–water partition coefficient (Wildman–Crippen LogP) is 1.65. The van der Waals surface area contributed by atoms with Crippen LogP contribution >= 0.6 is 0 Å². The number of nitrogens with one attached hydrogen (secondary N) is 1. The topological polar surface area (TPSA) is 80.6 Å². The normalized spacial score (nSPS) is 10.6. The number of hydrogen-bond donors (Lipinski definition) is 2. The van der Waals surface area contributed by atoms with Crippen LogP contribution in [0.2, 0.25) is 0 Å². The summed E-state index contributed by atoms with van der Waals surface area (Å²) in [5.41, 5.74) is 3.06. The molecule has 0 fully saturated rings. The molecule has 0 saturated carbocycles. The summed E-state index contributed by atoms with van der Waals surface area (Å²) >= 11 is 0. The molecule has 0 spiro atoms. The lowest BCUT2D eigenvalue weighted by atomic mass is 10.2. The molecule has 1 heterocycles. The standard InChI is InChI=1S/C16H16N2O4/c1-11-16(21)13(19)9-10-18(11)17-15(20)8-7-12-5-3-4-6-14(12)22-2/h3-10,21H,1-2H3,(H,17,20)/b8-7+. The Morgan fingerprint density at radius 1 is 1.32 bits per heavy atom. The van der Waals surface area contributed by atoms with Crippen molar-refractivity contribution in [2.45, 2.75) is 6.92 Å². The van der Waals surface area contributed by atoms with Crippen molar-refractivity contribution < 1.29 is 14.6 Å². The van der Waals surface area contributed by atoms with E-state index in [1.807, 2.05) is 18.2 Å². The number of benzene rings is 1. The van der Waals surface area contributed by atoms with Gasteiger partial charge in [-0.15, -0.1) is 0 Å². The molecule has 6 heteroatoms. The largest absolute Gasteiger partial charge is 0.503 e. The molecule has 0 bridgehead atoms. The maximum Gasteiger partial charge on any atom is 0.262 e. The molecule has 0 aliphatic rings. The molecule has 22 heavy (non-hydrogen) atoms. The monoisotopic (exact) mass is 300 g/mol. The van der Waals surface area contributed by atoms with Gasteiger partial charge in [-0.05, 0) is 19.1 Å². The Kier molecular flexibility index (Phi) is 4.63. The van der Waals surface area contributed by atoms with Crippen LogP contribution in [0.3, 0.4) is 0 Å². The van der Waals surface area contributed by atoms with Crippen molar-refractivity contribution in [1.29, 1.82) is 0 Å². The van der Waals surface area contributed by atoms with Gasteiger partial charge in [-0.3, -0.25) is 19.7 Å². The highest BCUT2D eigenvalue weighted by molar-refractivity contribution is 5.97. The van der Waals surface area contributed by atoms with Crippen molar-refractivity contribution in [2.24, 2.45) is 0 Å². The minimum atomic E-state index is -0.493. The highest BCUT2D eigenvalue weighted by Gasteiger charge is 2.06. The van der Waals surface area contributed by atoms with Gasteiger partial charge in [0.25, 0.3) is 5.91 Å². The number of nitrogens with zero attached hydrogens (tertiary/aromatic N) is 1. The van der Waals surface area contributed by atoms with E-state index >= 15 is 0 Å². The quantitative estimate of drug-likeness (QED) is 0.841. The zero-order valence-electron chi connectivity index (χ0n) is 12.2. The van der Waals surface area contributed by atoms with E-state index < -0.39 is 17.1 Å². The van der Waals surface area contributed by atoms with Crippen LogP contribution in [0.1, 0.15) is 11.3 Å². The molecule has 0 radical (unpaired) electrons. The number of rotatable bonds is 4. The van der Waals surface area contributed by atoms with Crippen LogP contribution in [0.4, 0.5) is 0 Å². The summed E-state index contributed by atoms with van der Waals surface area (Å²) in [6.07, 6.45) is 4.34. The van der Waals surface area contributed by atoms with Crippen molar-refractivity contribution >= 4 is 12.0 Å². The summed E-state index contributed by atoms with van der Waals surface area (Å²) in [5.74, 6) is -0.141. The van der Waals surface area contributed by atoms with E-state index in [0.29, 0.717) is 5.75 Å². The number of para-hydroxylation sites is 1. The summed E-state index contributed by atoms with van der Waals surface area (Å²) in [6.45, 7) is 1.53. The third kappa shape index (κ3) is 3.35. The molecule has 1 aromatic heterocycles. The number of methoxy groups -OCH3 is 1. The van der Waals surface area contributed by atoms with Gasteiger partial charge in [0, 0.05) is 23.9 Å². The van der Waals surface area contributed by atoms with Crippen LogP contribution in [-0.2, 0) is 4.79 Å². The van der Waals surface area contributed by atoms with Gasteiger partial charge in [0.15, 0.2) is 5.75 Å². The third-order valence-electron chi connectivity index (χ3n) is 3.10. The van der Waals surface area contributed by atoms with Crippen molar-refractivity contribution in [2.75, 3.05) is 12.5 Å². The van der Waals surface area contributed by atoms with Crippen LogP contribution in [0.25, 0.3) is 6.08 Å². The lowest BCUT2D eigenvalue weighted by molar-refractivity contribution is -0.112. The average Bonchev–Trinajstić information content (AvgIpc) is 2.53. The average molecular weight is 300 g/mol. The molecule has 0 atom stereocenters. The minimum Gasteiger partial charge on any atom is -0.503 e. The van der Waals surface area contributed by atoms with E-state index in [-0.39, 0.29) is 5.69 Å². The highest BCUT2D eigenvalue weighted by atomic mass is 16.5. The van der Waals surface area contributed by atoms with Crippen LogP contribution < -0.4 is 15.6 Å². The number of aromatic hydroxyl groups is 1. The Balaban J connectivity index is 2.15. The molecular formula is C16H16N2O4. The molecule has 0 unspecified atom stereocenters. The first-order valence-electron chi connectivity index (χ1n) is 6.56. The van der Waals surface area contributed by atoms with Gasteiger partial charge >= 0.3 is 0 Å². The number of amides is 1. The van der Waals surface area contributed by atoms with Crippen LogP contribution in [-0.4, -0.2) is 22.8 Å². The van der Waals surface area contributed by atoms with E-state index in [0.717, 1.165) is 5.56 Å². The second-order valence-corrected chi connectivity index (χ2v) is 4.54. The molecule has 114 valence electrons. The maximum absolute atomic E-state index is 11.9. The van der Waals surface area contributed by atoms with Gasteiger partial charge in [-0.1, -0.05) is 18.2 Å². The Morgan fingerprint density at radius 3 is 2.77 bits per heavy atom. The molecule has 2 rings (SSSR count). The summed E-state index contributed by atoms with van der Waals surface area (Å²) in [6, 6.07) is 8.46. The van der Waals surface area contributed by atoms with Crippen molar-refractivity contribution in [3.8, 4) is 11.5 Å². The number of ether oxygens (including phenoxy) is 1. The molecule has 1 amide bonds. The number of aromatic nitrogens is 1. The minimum absolute atomic E-state index is 0.256. The van der Waals surface area contributed by atoms with Crippen molar-refractivity contribution in [3.63, 3.8) is 0 Å². The number of carbonyl (C=O) groups excluding carboxylic acids is 1. The third-order valence-corrected chi connectivity index (χ3v) is 3.10. The Labute approximate surface area is 127 Å². The van der Waals surface area contributed by atoms with Gasteiger partial charge in [0.1, 0.15) is 5.75 Å². The molecule has 2 aromatic rings. The molecule has 1 aromatic carbocycles. The Bertz CT molecular complexity index is 778. The fourth-order valence-electron chi connectivity index (χ4n) is 1.87. The molecule has 2 N–H and O–H groups in total. The summed E-state index contributed by atoms with van der Waals surface area (Å²) in [7, 11) is 1.55. The smallest absolute Gasteiger partial charge is 0.262 e. The Morgan fingerprint density at radius 2 is 2.05 bits per heavy atom. The number of hydrogen-bond acceptors (Lipinski definition) is 4. The molecule has 0 aliphatic carbocycles. The van der Waals surface area contributed by atoms with Crippen LogP contribution in [0.5, 0.6) is 11.5 Å². The Hall–Kier alpha value is -3.02. The predicted molar refractivity (Wildman–Crippen MR) is 83.5 cm³/mol. The molecule has 0 aliphatic heterocycles. The zero-order chi connectivity index (χ0) is 16.1. The molecule has 6 nitrogen and oxygen atoms in total. The fraction of sp³-hybridized carbons (Fsp3) is 0.125. The first-order chi connectivity index (χ1) is 10.5. The maximum atomic E-state index is 11.9. The number of carbonyl (C=O) groups is 1. The van der Waals surface area contributed by atoms with E-state index in [4.69, 9.17) is 4.74 Å². The highest BCUT2D eigenvalue weighted by Crippen LogP contribution is 2.18. The van der Waals surface area contributed by atoms with E-state index in [9.17, 15) is 14.7 Å².